The van der Waals surface area contributed by atoms with Gasteiger partial charge >= 0.3 is 47.6 Å². The molecule has 0 amide bonds. The third kappa shape index (κ3) is 6.62. The molecule has 1 unspecified atom stereocenters. The maximum absolute atomic E-state index is 13.8. The van der Waals surface area contributed by atoms with E-state index in [9.17, 15) is 79.7 Å². The zero-order chi connectivity index (χ0) is 30.6. The number of aliphatic hydroxyl groups is 1. The first-order valence-electron chi connectivity index (χ1n) is 10.7. The van der Waals surface area contributed by atoms with Crippen molar-refractivity contribution in [3.63, 3.8) is 0 Å². The average molecular weight is 602 g/mol. The molecule has 0 aliphatic heterocycles. The molecule has 1 atom stereocenters. The molecule has 1 nitrogen and oxygen atoms in total. The van der Waals surface area contributed by atoms with Crippen molar-refractivity contribution in [3.8, 4) is 0 Å². The van der Waals surface area contributed by atoms with Crippen LogP contribution in [-0.2, 0) is 0 Å². The maximum atomic E-state index is 13.8. The Labute approximate surface area is 205 Å². The van der Waals surface area contributed by atoms with Gasteiger partial charge in [-0.25, -0.2) is 0 Å². The fraction of sp³-hybridized carbons (Fsp3) is 0.900. The van der Waals surface area contributed by atoms with Crippen LogP contribution in [0.5, 0.6) is 0 Å². The molecule has 0 saturated carbocycles. The summed E-state index contributed by atoms with van der Waals surface area (Å²) in [5.74, 6) is -56.6. The van der Waals surface area contributed by atoms with Gasteiger partial charge in [-0.2, -0.15) is 74.6 Å². The molecule has 0 aromatic rings. The molecule has 0 heterocycles. The minimum absolute atomic E-state index is 0.187. The minimum atomic E-state index is -8.65. The smallest absolute Gasteiger partial charge is 0.393 e. The molecular formula is C20H23F17O. The maximum Gasteiger partial charge on any atom is 0.460 e. The highest BCUT2D eigenvalue weighted by Crippen LogP contribution is 2.64. The van der Waals surface area contributed by atoms with E-state index in [1.165, 1.54) is 0 Å². The summed E-state index contributed by atoms with van der Waals surface area (Å²) < 4.78 is 225. The third-order valence-electron chi connectivity index (χ3n) is 5.47. The average Bonchev–Trinajstić information content (AvgIpc) is 2.73. The highest BCUT2D eigenvalue weighted by molar-refractivity contribution is 5.15. The van der Waals surface area contributed by atoms with Gasteiger partial charge in [-0.3, -0.25) is 0 Å². The molecule has 0 saturated heterocycles. The first-order chi connectivity index (χ1) is 16.7. The van der Waals surface area contributed by atoms with E-state index in [1.54, 1.807) is 6.08 Å². The van der Waals surface area contributed by atoms with Gasteiger partial charge in [0, 0.05) is 6.42 Å². The van der Waals surface area contributed by atoms with Gasteiger partial charge in [0.15, 0.2) is 0 Å². The Morgan fingerprint density at radius 3 is 1.24 bits per heavy atom. The van der Waals surface area contributed by atoms with E-state index in [-0.39, 0.29) is 12.8 Å². The summed E-state index contributed by atoms with van der Waals surface area (Å²) in [6.45, 7) is 3.47. The second kappa shape index (κ2) is 11.9. The van der Waals surface area contributed by atoms with Gasteiger partial charge in [-0.15, -0.1) is 6.58 Å². The second-order valence-electron chi connectivity index (χ2n) is 8.49. The second-order valence-corrected chi connectivity index (χ2v) is 8.49. The van der Waals surface area contributed by atoms with E-state index >= 15 is 0 Å². The number of rotatable bonds is 17. The van der Waals surface area contributed by atoms with Gasteiger partial charge < -0.3 is 5.11 Å². The predicted octanol–water partition coefficient (Wildman–Crippen LogP) is 9.05. The molecule has 0 aromatic carbocycles. The Morgan fingerprint density at radius 2 is 0.842 bits per heavy atom. The van der Waals surface area contributed by atoms with Crippen LogP contribution in [0.1, 0.15) is 57.8 Å². The number of unbranched alkanes of at least 4 members (excludes halogenated alkanes) is 6. The van der Waals surface area contributed by atoms with E-state index in [4.69, 9.17) is 0 Å². The summed E-state index contributed by atoms with van der Waals surface area (Å²) in [7, 11) is 0. The normalized spacial score (nSPS) is 16.1. The molecule has 228 valence electrons. The molecule has 0 radical (unpaired) electrons. The summed E-state index contributed by atoms with van der Waals surface area (Å²) in [6.07, 6.45) is -9.20. The standard InChI is InChI=1S/C20H23F17O/c1-2-3-4-5-6-7-8-9-10-12(38)11-13(21,22)14(23,24)15(25,26)16(27,28)17(29,30)18(31,32)19(33,34)20(35,36)37/h2,12,38H,1,3-11H2. The molecule has 1 N–H and O–H groups in total. The lowest BCUT2D eigenvalue weighted by molar-refractivity contribution is -0.462. The van der Waals surface area contributed by atoms with Gasteiger partial charge in [0.2, 0.25) is 0 Å². The lowest BCUT2D eigenvalue weighted by atomic mass is 9.87. The number of aliphatic hydroxyl groups excluding tert-OH is 1. The van der Waals surface area contributed by atoms with Crippen molar-refractivity contribution >= 4 is 0 Å². The van der Waals surface area contributed by atoms with Crippen molar-refractivity contribution in [3.05, 3.63) is 12.7 Å². The van der Waals surface area contributed by atoms with Crippen molar-refractivity contribution in [1.82, 2.24) is 0 Å². The van der Waals surface area contributed by atoms with Gasteiger partial charge in [0.05, 0.1) is 6.10 Å². The largest absolute Gasteiger partial charge is 0.460 e. The van der Waals surface area contributed by atoms with Gasteiger partial charge in [0.1, 0.15) is 0 Å². The predicted molar refractivity (Wildman–Crippen MR) is 98.4 cm³/mol. The molecule has 0 spiro atoms. The summed E-state index contributed by atoms with van der Waals surface area (Å²) in [6, 6.07) is 0. The molecule has 0 aliphatic carbocycles. The monoisotopic (exact) mass is 602 g/mol. The van der Waals surface area contributed by atoms with Crippen molar-refractivity contribution in [1.29, 1.82) is 0 Å². The molecule has 0 fully saturated rings. The van der Waals surface area contributed by atoms with Gasteiger partial charge in [-0.05, 0) is 19.3 Å². The Balaban J connectivity index is 5.76. The Hall–Kier alpha value is -1.49. The molecule has 0 aromatic heterocycles. The fourth-order valence-electron chi connectivity index (χ4n) is 3.10. The molecule has 0 aliphatic rings. The molecular weight excluding hydrogens is 579 g/mol. The van der Waals surface area contributed by atoms with Crippen LogP contribution in [0.15, 0.2) is 12.7 Å². The molecule has 38 heavy (non-hydrogen) atoms. The van der Waals surface area contributed by atoms with E-state index in [1.807, 2.05) is 0 Å². The zero-order valence-corrected chi connectivity index (χ0v) is 19.1. The van der Waals surface area contributed by atoms with Crippen LogP contribution in [0.2, 0.25) is 0 Å². The van der Waals surface area contributed by atoms with Crippen LogP contribution in [0.3, 0.4) is 0 Å². The highest BCUT2D eigenvalue weighted by atomic mass is 19.4. The highest BCUT2D eigenvalue weighted by Gasteiger charge is 2.95. The van der Waals surface area contributed by atoms with Gasteiger partial charge in [0.25, 0.3) is 0 Å². The number of halogens is 17. The Bertz CT molecular complexity index is 757. The van der Waals surface area contributed by atoms with Crippen molar-refractivity contribution in [2.45, 2.75) is 112 Å². The summed E-state index contributed by atoms with van der Waals surface area (Å²) >= 11 is 0. The first-order valence-corrected chi connectivity index (χ1v) is 10.7. The third-order valence-corrected chi connectivity index (χ3v) is 5.47. The number of hydrogen-bond acceptors (Lipinski definition) is 1. The summed E-state index contributed by atoms with van der Waals surface area (Å²) in [5, 5.41) is 9.43. The van der Waals surface area contributed by atoms with Crippen LogP contribution in [0.4, 0.5) is 74.6 Å². The van der Waals surface area contributed by atoms with Crippen LogP contribution in [-0.4, -0.2) is 58.8 Å². The Morgan fingerprint density at radius 1 is 0.500 bits per heavy atom. The number of allylic oxidation sites excluding steroid dienone is 1. The first kappa shape index (κ1) is 36.5. The Kier molecular flexibility index (Phi) is 11.5. The van der Waals surface area contributed by atoms with Gasteiger partial charge in [-0.1, -0.05) is 38.2 Å². The summed E-state index contributed by atoms with van der Waals surface area (Å²) in [4.78, 5) is 0. The summed E-state index contributed by atoms with van der Waals surface area (Å²) in [5.41, 5.74) is 0. The van der Waals surface area contributed by atoms with E-state index in [0.717, 1.165) is 6.42 Å². The SMILES string of the molecule is C=CCCCCCCCCC(O)CC(F)(F)C(F)(F)C(F)(F)C(F)(F)C(F)(F)C(F)(F)C(F)(F)C(F)(F)F. The van der Waals surface area contributed by atoms with Crippen LogP contribution in [0.25, 0.3) is 0 Å². The van der Waals surface area contributed by atoms with Crippen molar-refractivity contribution < 1.29 is 79.7 Å². The number of alkyl halides is 17. The van der Waals surface area contributed by atoms with E-state index in [0.29, 0.717) is 25.7 Å². The topological polar surface area (TPSA) is 20.2 Å². The van der Waals surface area contributed by atoms with E-state index < -0.39 is 66.6 Å². The van der Waals surface area contributed by atoms with E-state index in [2.05, 4.69) is 6.58 Å². The molecule has 0 rings (SSSR count). The fourth-order valence-corrected chi connectivity index (χ4v) is 3.10. The van der Waals surface area contributed by atoms with Crippen LogP contribution in [0, 0.1) is 0 Å². The van der Waals surface area contributed by atoms with Crippen molar-refractivity contribution in [2.75, 3.05) is 0 Å². The lowest BCUT2D eigenvalue weighted by Crippen LogP contribution is -2.74. The lowest BCUT2D eigenvalue weighted by Gasteiger charge is -2.43. The molecule has 18 heteroatoms. The quantitative estimate of drug-likeness (QED) is 0.100. The van der Waals surface area contributed by atoms with Crippen LogP contribution < -0.4 is 0 Å². The van der Waals surface area contributed by atoms with Crippen molar-refractivity contribution in [2.24, 2.45) is 0 Å². The minimum Gasteiger partial charge on any atom is -0.393 e. The van der Waals surface area contributed by atoms with Crippen LogP contribution >= 0.6 is 0 Å². The molecule has 0 bridgehead atoms. The number of hydrogen-bond donors (Lipinski definition) is 1. The zero-order valence-electron chi connectivity index (χ0n) is 19.1.